The SMILES string of the molecule is O=[N+]([O-])c1cc(CNc2cccc(-n3cccn3)c2)cs1. The molecule has 0 aliphatic carbocycles. The van der Waals surface area contributed by atoms with Crippen molar-refractivity contribution in [1.82, 2.24) is 9.78 Å². The molecule has 3 rings (SSSR count). The fraction of sp³-hybridized carbons (Fsp3) is 0.0714. The Hall–Kier alpha value is -2.67. The Morgan fingerprint density at radius 3 is 2.95 bits per heavy atom. The van der Waals surface area contributed by atoms with Crippen molar-refractivity contribution >= 4 is 22.0 Å². The van der Waals surface area contributed by atoms with Crippen molar-refractivity contribution in [3.05, 3.63) is 69.8 Å². The van der Waals surface area contributed by atoms with E-state index in [-0.39, 0.29) is 9.92 Å². The molecule has 0 spiro atoms. The van der Waals surface area contributed by atoms with E-state index in [0.717, 1.165) is 28.3 Å². The number of nitro groups is 1. The molecule has 0 atom stereocenters. The van der Waals surface area contributed by atoms with E-state index in [0.29, 0.717) is 6.54 Å². The van der Waals surface area contributed by atoms with E-state index in [1.165, 1.54) is 0 Å². The van der Waals surface area contributed by atoms with Crippen LogP contribution in [0.15, 0.2) is 54.2 Å². The highest BCUT2D eigenvalue weighted by molar-refractivity contribution is 7.13. The van der Waals surface area contributed by atoms with Crippen LogP contribution < -0.4 is 5.32 Å². The summed E-state index contributed by atoms with van der Waals surface area (Å²) in [5.74, 6) is 0. The maximum Gasteiger partial charge on any atom is 0.324 e. The Bertz CT molecular complexity index is 752. The molecule has 3 aromatic rings. The van der Waals surface area contributed by atoms with E-state index < -0.39 is 0 Å². The Kier molecular flexibility index (Phi) is 3.65. The lowest BCUT2D eigenvalue weighted by Crippen LogP contribution is -2.00. The van der Waals surface area contributed by atoms with Gasteiger partial charge in [0, 0.05) is 36.1 Å². The van der Waals surface area contributed by atoms with Gasteiger partial charge in [0.2, 0.25) is 0 Å². The molecule has 0 unspecified atom stereocenters. The molecule has 0 amide bonds. The summed E-state index contributed by atoms with van der Waals surface area (Å²) in [4.78, 5) is 10.3. The molecule has 0 bridgehead atoms. The summed E-state index contributed by atoms with van der Waals surface area (Å²) in [7, 11) is 0. The second-order valence-electron chi connectivity index (χ2n) is 4.40. The summed E-state index contributed by atoms with van der Waals surface area (Å²) in [6, 6.07) is 11.3. The second-order valence-corrected chi connectivity index (χ2v) is 5.29. The van der Waals surface area contributed by atoms with Gasteiger partial charge in [-0.05, 0) is 29.8 Å². The van der Waals surface area contributed by atoms with Gasteiger partial charge in [-0.3, -0.25) is 10.1 Å². The maximum absolute atomic E-state index is 10.7. The smallest absolute Gasteiger partial charge is 0.324 e. The number of benzene rings is 1. The van der Waals surface area contributed by atoms with Gasteiger partial charge in [0.25, 0.3) is 0 Å². The minimum absolute atomic E-state index is 0.164. The van der Waals surface area contributed by atoms with Crippen LogP contribution in [0, 0.1) is 10.1 Å². The van der Waals surface area contributed by atoms with Crippen LogP contribution in [0.1, 0.15) is 5.56 Å². The van der Waals surface area contributed by atoms with Crippen LogP contribution in [0.2, 0.25) is 0 Å². The number of thiophene rings is 1. The van der Waals surface area contributed by atoms with E-state index in [2.05, 4.69) is 10.4 Å². The Morgan fingerprint density at radius 1 is 1.33 bits per heavy atom. The summed E-state index contributed by atoms with van der Waals surface area (Å²) in [5, 5.41) is 20.1. The highest BCUT2D eigenvalue weighted by Crippen LogP contribution is 2.23. The van der Waals surface area contributed by atoms with Gasteiger partial charge in [-0.1, -0.05) is 17.4 Å². The Labute approximate surface area is 124 Å². The summed E-state index contributed by atoms with van der Waals surface area (Å²) in [6.07, 6.45) is 3.60. The van der Waals surface area contributed by atoms with E-state index in [1.807, 2.05) is 36.5 Å². The zero-order valence-corrected chi connectivity index (χ0v) is 11.8. The van der Waals surface area contributed by atoms with E-state index in [1.54, 1.807) is 22.3 Å². The van der Waals surface area contributed by atoms with Gasteiger partial charge in [0.05, 0.1) is 10.6 Å². The van der Waals surface area contributed by atoms with E-state index >= 15 is 0 Å². The molecule has 0 aliphatic rings. The van der Waals surface area contributed by atoms with E-state index in [9.17, 15) is 10.1 Å². The number of anilines is 1. The predicted octanol–water partition coefficient (Wildman–Crippen LogP) is 3.45. The van der Waals surface area contributed by atoms with Gasteiger partial charge < -0.3 is 5.32 Å². The average Bonchev–Trinajstić information content (AvgIpc) is 3.17. The first-order valence-electron chi connectivity index (χ1n) is 6.28. The first-order valence-corrected chi connectivity index (χ1v) is 7.16. The number of hydrogen-bond acceptors (Lipinski definition) is 5. The summed E-state index contributed by atoms with van der Waals surface area (Å²) < 4.78 is 1.78. The number of nitrogens with one attached hydrogen (secondary N) is 1. The van der Waals surface area contributed by atoms with Crippen LogP contribution in [0.4, 0.5) is 10.7 Å². The lowest BCUT2D eigenvalue weighted by Gasteiger charge is -2.07. The van der Waals surface area contributed by atoms with Crippen LogP contribution in [0.5, 0.6) is 0 Å². The third-order valence-electron chi connectivity index (χ3n) is 2.93. The van der Waals surface area contributed by atoms with Crippen LogP contribution in [-0.2, 0) is 6.54 Å². The molecule has 0 radical (unpaired) electrons. The van der Waals surface area contributed by atoms with Gasteiger partial charge in [-0.2, -0.15) is 5.10 Å². The van der Waals surface area contributed by atoms with Crippen molar-refractivity contribution in [2.75, 3.05) is 5.32 Å². The minimum atomic E-state index is -0.369. The minimum Gasteiger partial charge on any atom is -0.381 e. The molecular weight excluding hydrogens is 288 g/mol. The van der Waals surface area contributed by atoms with Crippen LogP contribution >= 0.6 is 11.3 Å². The van der Waals surface area contributed by atoms with Crippen molar-refractivity contribution in [3.8, 4) is 5.69 Å². The number of nitrogens with zero attached hydrogens (tertiary/aromatic N) is 3. The molecule has 0 saturated carbocycles. The fourth-order valence-corrected chi connectivity index (χ4v) is 2.66. The van der Waals surface area contributed by atoms with Gasteiger partial charge in [-0.15, -0.1) is 0 Å². The maximum atomic E-state index is 10.7. The summed E-state index contributed by atoms with van der Waals surface area (Å²) in [6.45, 7) is 0.549. The third-order valence-corrected chi connectivity index (χ3v) is 3.86. The van der Waals surface area contributed by atoms with Gasteiger partial charge in [-0.25, -0.2) is 4.68 Å². The highest BCUT2D eigenvalue weighted by Gasteiger charge is 2.09. The standard InChI is InChI=1S/C14H12N4O2S/c19-18(20)14-7-11(10-21-14)9-15-12-3-1-4-13(8-12)17-6-2-5-16-17/h1-8,10,15H,9H2. The van der Waals surface area contributed by atoms with E-state index in [4.69, 9.17) is 0 Å². The number of aromatic nitrogens is 2. The molecule has 106 valence electrons. The quantitative estimate of drug-likeness (QED) is 0.578. The van der Waals surface area contributed by atoms with Gasteiger partial charge in [0.1, 0.15) is 0 Å². The zero-order chi connectivity index (χ0) is 14.7. The van der Waals surface area contributed by atoms with Crippen molar-refractivity contribution in [2.24, 2.45) is 0 Å². The average molecular weight is 300 g/mol. The molecule has 2 aromatic heterocycles. The van der Waals surface area contributed by atoms with Crippen LogP contribution in [-0.4, -0.2) is 14.7 Å². The molecular formula is C14H12N4O2S. The second kappa shape index (κ2) is 5.76. The lowest BCUT2D eigenvalue weighted by atomic mass is 10.2. The van der Waals surface area contributed by atoms with Crippen molar-refractivity contribution in [3.63, 3.8) is 0 Å². The van der Waals surface area contributed by atoms with Crippen LogP contribution in [0.3, 0.4) is 0 Å². The lowest BCUT2D eigenvalue weighted by molar-refractivity contribution is -0.380. The van der Waals surface area contributed by atoms with Crippen molar-refractivity contribution in [1.29, 1.82) is 0 Å². The molecule has 2 heterocycles. The molecule has 1 aromatic carbocycles. The van der Waals surface area contributed by atoms with Crippen LogP contribution in [0.25, 0.3) is 5.69 Å². The molecule has 6 nitrogen and oxygen atoms in total. The number of hydrogen-bond donors (Lipinski definition) is 1. The number of rotatable bonds is 5. The third kappa shape index (κ3) is 3.09. The summed E-state index contributed by atoms with van der Waals surface area (Å²) in [5.41, 5.74) is 2.80. The molecule has 1 N–H and O–H groups in total. The topological polar surface area (TPSA) is 73.0 Å². The first-order chi connectivity index (χ1) is 10.2. The predicted molar refractivity (Wildman–Crippen MR) is 81.9 cm³/mol. The molecule has 0 saturated heterocycles. The van der Waals surface area contributed by atoms with Gasteiger partial charge in [0.15, 0.2) is 0 Å². The molecule has 7 heteroatoms. The monoisotopic (exact) mass is 300 g/mol. The Morgan fingerprint density at radius 2 is 2.24 bits per heavy atom. The normalized spacial score (nSPS) is 10.5. The van der Waals surface area contributed by atoms with Crippen molar-refractivity contribution < 1.29 is 4.92 Å². The zero-order valence-electron chi connectivity index (χ0n) is 11.0. The summed E-state index contributed by atoms with van der Waals surface area (Å²) >= 11 is 1.14. The first kappa shape index (κ1) is 13.3. The largest absolute Gasteiger partial charge is 0.381 e. The van der Waals surface area contributed by atoms with Gasteiger partial charge >= 0.3 is 5.00 Å². The Balaban J connectivity index is 1.70. The molecule has 21 heavy (non-hydrogen) atoms. The molecule has 0 aliphatic heterocycles. The van der Waals surface area contributed by atoms with Crippen molar-refractivity contribution in [2.45, 2.75) is 6.54 Å². The highest BCUT2D eigenvalue weighted by atomic mass is 32.1. The molecule has 0 fully saturated rings. The fourth-order valence-electron chi connectivity index (χ4n) is 1.94.